The number of ether oxygens (including phenoxy) is 2. The lowest BCUT2D eigenvalue weighted by Gasteiger charge is -2.29. The Kier molecular flexibility index (Phi) is 7.69. The molecule has 8 nitrogen and oxygen atoms in total. The molecular formula is C17H22F2N2O6S. The summed E-state index contributed by atoms with van der Waals surface area (Å²) < 4.78 is 58.3. The van der Waals surface area contributed by atoms with Crippen LogP contribution >= 0.6 is 0 Å². The molecule has 0 unspecified atom stereocenters. The van der Waals surface area contributed by atoms with Gasteiger partial charge in [0, 0.05) is 18.8 Å². The lowest BCUT2D eigenvalue weighted by atomic mass is 9.98. The number of nitrogens with zero attached hydrogens (tertiary/aromatic N) is 1. The molecule has 1 saturated heterocycles. The molecule has 1 amide bonds. The molecule has 2 rings (SSSR count). The van der Waals surface area contributed by atoms with Crippen LogP contribution < -0.4 is 10.1 Å². The third-order valence-corrected chi connectivity index (χ3v) is 6.14. The van der Waals surface area contributed by atoms with Crippen molar-refractivity contribution < 1.29 is 36.3 Å². The van der Waals surface area contributed by atoms with Gasteiger partial charge in [-0.25, -0.2) is 12.7 Å². The Hall–Kier alpha value is -2.27. The average molecular weight is 420 g/mol. The number of piperidine rings is 1. The van der Waals surface area contributed by atoms with E-state index in [0.29, 0.717) is 18.5 Å². The number of sulfonamides is 1. The van der Waals surface area contributed by atoms with E-state index in [1.807, 2.05) is 0 Å². The maximum Gasteiger partial charge on any atom is 0.387 e. The number of rotatable bonds is 8. The van der Waals surface area contributed by atoms with Gasteiger partial charge in [-0.2, -0.15) is 8.78 Å². The molecule has 11 heteroatoms. The largest absolute Gasteiger partial charge is 0.455 e. The average Bonchev–Trinajstić information content (AvgIpc) is 2.67. The molecule has 1 heterocycles. The summed E-state index contributed by atoms with van der Waals surface area (Å²) in [5.74, 6) is -1.62. The molecule has 1 aliphatic rings. The molecule has 1 aliphatic heterocycles. The Balaban J connectivity index is 1.75. The summed E-state index contributed by atoms with van der Waals surface area (Å²) in [4.78, 5) is 23.9. The predicted molar refractivity (Wildman–Crippen MR) is 96.4 cm³/mol. The molecule has 28 heavy (non-hydrogen) atoms. The minimum absolute atomic E-state index is 0.0114. The number of benzene rings is 1. The van der Waals surface area contributed by atoms with Crippen LogP contribution in [-0.2, 0) is 24.3 Å². The van der Waals surface area contributed by atoms with Crippen LogP contribution in [0.3, 0.4) is 0 Å². The Labute approximate surface area is 161 Å². The van der Waals surface area contributed by atoms with Gasteiger partial charge in [-0.05, 0) is 44.0 Å². The van der Waals surface area contributed by atoms with E-state index < -0.39 is 41.0 Å². The van der Waals surface area contributed by atoms with Crippen LogP contribution in [0.4, 0.5) is 14.5 Å². The zero-order valence-electron chi connectivity index (χ0n) is 15.3. The number of nitrogens with one attached hydrogen (secondary N) is 1. The zero-order valence-corrected chi connectivity index (χ0v) is 16.1. The van der Waals surface area contributed by atoms with Gasteiger partial charge in [0.15, 0.2) is 6.61 Å². The van der Waals surface area contributed by atoms with Crippen LogP contribution in [0.2, 0.25) is 0 Å². The van der Waals surface area contributed by atoms with Crippen molar-refractivity contribution >= 4 is 27.6 Å². The van der Waals surface area contributed by atoms with E-state index >= 15 is 0 Å². The van der Waals surface area contributed by atoms with Gasteiger partial charge in [-0.3, -0.25) is 9.59 Å². The van der Waals surface area contributed by atoms with Gasteiger partial charge in [-0.15, -0.1) is 0 Å². The smallest absolute Gasteiger partial charge is 0.387 e. The van der Waals surface area contributed by atoms with Crippen molar-refractivity contribution in [3.63, 3.8) is 0 Å². The van der Waals surface area contributed by atoms with Crippen LogP contribution in [0.15, 0.2) is 24.3 Å². The molecule has 0 saturated carbocycles. The number of hydrogen-bond donors (Lipinski definition) is 1. The molecule has 0 aliphatic carbocycles. The number of anilines is 1. The van der Waals surface area contributed by atoms with Gasteiger partial charge >= 0.3 is 12.6 Å². The van der Waals surface area contributed by atoms with E-state index in [-0.39, 0.29) is 24.6 Å². The standard InChI is InChI=1S/C17H22F2N2O6S/c1-2-28(24,25)21-9-7-12(8-10-21)16(23)26-11-15(22)20-13-3-5-14(6-4-13)27-17(18)19/h3-6,12,17H,2,7-11H2,1H3,(H,20,22). The van der Waals surface area contributed by atoms with Gasteiger partial charge in [-0.1, -0.05) is 0 Å². The molecule has 0 spiro atoms. The predicted octanol–water partition coefficient (Wildman–Crippen LogP) is 1.83. The van der Waals surface area contributed by atoms with E-state index in [1.165, 1.54) is 28.6 Å². The van der Waals surface area contributed by atoms with Gasteiger partial charge in [0.2, 0.25) is 10.0 Å². The number of amides is 1. The highest BCUT2D eigenvalue weighted by molar-refractivity contribution is 7.89. The Bertz CT molecular complexity index is 777. The van der Waals surface area contributed by atoms with Crippen molar-refractivity contribution in [3.05, 3.63) is 24.3 Å². The van der Waals surface area contributed by atoms with Crippen LogP contribution in [0.1, 0.15) is 19.8 Å². The first-order valence-electron chi connectivity index (χ1n) is 8.70. The Morgan fingerprint density at radius 1 is 1.21 bits per heavy atom. The summed E-state index contributed by atoms with van der Waals surface area (Å²) in [6, 6.07) is 5.29. The second-order valence-corrected chi connectivity index (χ2v) is 8.39. The minimum atomic E-state index is -3.27. The van der Waals surface area contributed by atoms with E-state index in [9.17, 15) is 26.8 Å². The fraction of sp³-hybridized carbons (Fsp3) is 0.529. The normalized spacial score (nSPS) is 16.0. The molecule has 0 bridgehead atoms. The third kappa shape index (κ3) is 6.41. The number of carbonyl (C=O) groups excluding carboxylic acids is 2. The highest BCUT2D eigenvalue weighted by atomic mass is 32.2. The second kappa shape index (κ2) is 9.78. The van der Waals surface area contributed by atoms with E-state index in [1.54, 1.807) is 6.92 Å². The Morgan fingerprint density at radius 3 is 2.36 bits per heavy atom. The molecule has 156 valence electrons. The zero-order chi connectivity index (χ0) is 20.7. The van der Waals surface area contributed by atoms with Gasteiger partial charge < -0.3 is 14.8 Å². The van der Waals surface area contributed by atoms with E-state index in [0.717, 1.165) is 0 Å². The maximum atomic E-state index is 12.1. The highest BCUT2D eigenvalue weighted by Gasteiger charge is 2.31. The molecule has 0 atom stereocenters. The minimum Gasteiger partial charge on any atom is -0.455 e. The van der Waals surface area contributed by atoms with E-state index in [2.05, 4.69) is 10.1 Å². The number of halogens is 2. The van der Waals surface area contributed by atoms with Crippen molar-refractivity contribution in [3.8, 4) is 5.75 Å². The van der Waals surface area contributed by atoms with Crippen molar-refractivity contribution in [2.24, 2.45) is 5.92 Å². The lowest BCUT2D eigenvalue weighted by molar-refractivity contribution is -0.152. The van der Waals surface area contributed by atoms with Crippen molar-refractivity contribution in [2.75, 3.05) is 30.8 Å². The molecule has 1 aromatic rings. The fourth-order valence-electron chi connectivity index (χ4n) is 2.72. The maximum absolute atomic E-state index is 12.1. The topological polar surface area (TPSA) is 102 Å². The van der Waals surface area contributed by atoms with Crippen molar-refractivity contribution in [2.45, 2.75) is 26.4 Å². The van der Waals surface area contributed by atoms with E-state index in [4.69, 9.17) is 4.74 Å². The highest BCUT2D eigenvalue weighted by Crippen LogP contribution is 2.21. The van der Waals surface area contributed by atoms with Gasteiger partial charge in [0.25, 0.3) is 5.91 Å². The molecule has 1 fully saturated rings. The monoisotopic (exact) mass is 420 g/mol. The molecule has 0 aromatic heterocycles. The van der Waals surface area contributed by atoms with Gasteiger partial charge in [0.05, 0.1) is 11.7 Å². The lowest BCUT2D eigenvalue weighted by Crippen LogP contribution is -2.41. The summed E-state index contributed by atoms with van der Waals surface area (Å²) >= 11 is 0. The van der Waals surface area contributed by atoms with Crippen molar-refractivity contribution in [1.82, 2.24) is 4.31 Å². The summed E-state index contributed by atoms with van der Waals surface area (Å²) in [6.07, 6.45) is 0.677. The molecule has 1 N–H and O–H groups in total. The third-order valence-electron chi connectivity index (χ3n) is 4.25. The van der Waals surface area contributed by atoms with Crippen LogP contribution in [0.5, 0.6) is 5.75 Å². The first-order chi connectivity index (χ1) is 13.2. The summed E-state index contributed by atoms with van der Waals surface area (Å²) in [5, 5.41) is 2.47. The number of hydrogen-bond acceptors (Lipinski definition) is 6. The first-order valence-corrected chi connectivity index (χ1v) is 10.3. The quantitative estimate of drug-likeness (QED) is 0.644. The summed E-state index contributed by atoms with van der Waals surface area (Å²) in [7, 11) is -3.27. The SMILES string of the molecule is CCS(=O)(=O)N1CCC(C(=O)OCC(=O)Nc2ccc(OC(F)F)cc2)CC1. The Morgan fingerprint density at radius 2 is 1.82 bits per heavy atom. The van der Waals surface area contributed by atoms with Gasteiger partial charge in [0.1, 0.15) is 5.75 Å². The molecule has 1 aromatic carbocycles. The second-order valence-electron chi connectivity index (χ2n) is 6.13. The van der Waals surface area contributed by atoms with Crippen molar-refractivity contribution in [1.29, 1.82) is 0 Å². The van der Waals surface area contributed by atoms with Crippen LogP contribution in [-0.4, -0.2) is 56.7 Å². The van der Waals surface area contributed by atoms with Crippen LogP contribution in [0.25, 0.3) is 0 Å². The number of carbonyl (C=O) groups is 2. The number of esters is 1. The summed E-state index contributed by atoms with van der Waals surface area (Å²) in [5.41, 5.74) is 0.334. The molecule has 0 radical (unpaired) electrons. The molecular weight excluding hydrogens is 398 g/mol. The fourth-order valence-corrected chi connectivity index (χ4v) is 3.86. The first kappa shape index (κ1) is 22.0. The van der Waals surface area contributed by atoms with Crippen LogP contribution in [0, 0.1) is 5.92 Å². The number of alkyl halides is 2. The summed E-state index contributed by atoms with van der Waals surface area (Å²) in [6.45, 7) is -1.38.